The molecule has 1 aromatic heterocycles. The Hall–Kier alpha value is -1.12. The lowest BCUT2D eigenvalue weighted by Gasteiger charge is -2.09. The summed E-state index contributed by atoms with van der Waals surface area (Å²) in [6.45, 7) is 4.27. The van der Waals surface area contributed by atoms with E-state index >= 15 is 0 Å². The number of carbonyl (C=O) groups excluding carboxylic acids is 1. The van der Waals surface area contributed by atoms with Crippen LogP contribution in [0.2, 0.25) is 0 Å². The molecule has 1 amide bonds. The number of H-pyrrole nitrogens is 1. The number of rotatable bonds is 5. The van der Waals surface area contributed by atoms with Crippen molar-refractivity contribution in [3.05, 3.63) is 20.3 Å². The van der Waals surface area contributed by atoms with Gasteiger partial charge in [0.25, 0.3) is 5.56 Å². The van der Waals surface area contributed by atoms with Gasteiger partial charge in [0.15, 0.2) is 0 Å². The van der Waals surface area contributed by atoms with Crippen LogP contribution in [-0.2, 0) is 4.79 Å². The van der Waals surface area contributed by atoms with Gasteiger partial charge in [0.2, 0.25) is 5.91 Å². The summed E-state index contributed by atoms with van der Waals surface area (Å²) >= 11 is 1.91. The van der Waals surface area contributed by atoms with Crippen LogP contribution in [0.25, 0.3) is 0 Å². The number of halogens is 1. The first-order chi connectivity index (χ1) is 8.00. The average molecular weight is 350 g/mol. The highest BCUT2D eigenvalue weighted by Crippen LogP contribution is 2.08. The summed E-state index contributed by atoms with van der Waals surface area (Å²) in [6, 6.07) is 0.139. The first-order valence-electron chi connectivity index (χ1n) is 5.27. The molecular formula is C10H15IN4O2. The van der Waals surface area contributed by atoms with Crippen molar-refractivity contribution >= 4 is 34.3 Å². The molecule has 0 aromatic carbocycles. The molecular weight excluding hydrogens is 335 g/mol. The second kappa shape index (κ2) is 6.58. The first kappa shape index (κ1) is 13.9. The number of hydrogen-bond donors (Lipinski definition) is 3. The molecule has 0 atom stereocenters. The highest BCUT2D eigenvalue weighted by molar-refractivity contribution is 14.1. The Labute approximate surface area is 113 Å². The molecule has 0 saturated carbocycles. The van der Waals surface area contributed by atoms with Crippen molar-refractivity contribution in [1.82, 2.24) is 15.3 Å². The molecule has 0 fully saturated rings. The largest absolute Gasteiger partial charge is 0.368 e. The number of amides is 1. The van der Waals surface area contributed by atoms with Crippen molar-refractivity contribution in [3.63, 3.8) is 0 Å². The highest BCUT2D eigenvalue weighted by Gasteiger charge is 2.06. The monoisotopic (exact) mass is 350 g/mol. The van der Waals surface area contributed by atoms with Crippen LogP contribution in [0.5, 0.6) is 0 Å². The lowest BCUT2D eigenvalue weighted by atomic mass is 10.3. The van der Waals surface area contributed by atoms with Gasteiger partial charge in [-0.2, -0.15) is 0 Å². The number of aromatic nitrogens is 2. The fraction of sp³-hybridized carbons (Fsp3) is 0.500. The minimum atomic E-state index is -0.185. The smallest absolute Gasteiger partial charge is 0.266 e. The molecule has 94 valence electrons. The number of nitrogens with zero attached hydrogens (tertiary/aromatic N) is 1. The summed E-state index contributed by atoms with van der Waals surface area (Å²) in [7, 11) is 0. The van der Waals surface area contributed by atoms with Gasteiger partial charge in [0, 0.05) is 19.0 Å². The highest BCUT2D eigenvalue weighted by atomic mass is 127. The molecule has 0 aliphatic rings. The van der Waals surface area contributed by atoms with Crippen LogP contribution in [-0.4, -0.2) is 28.5 Å². The third kappa shape index (κ3) is 4.72. The topological polar surface area (TPSA) is 86.9 Å². The third-order valence-electron chi connectivity index (χ3n) is 1.89. The quantitative estimate of drug-likeness (QED) is 0.683. The van der Waals surface area contributed by atoms with E-state index in [0.29, 0.717) is 22.4 Å². The second-order valence-corrected chi connectivity index (χ2v) is 4.87. The predicted octanol–water partition coefficient (Wildman–Crippen LogP) is 0.701. The number of hydrogen-bond acceptors (Lipinski definition) is 4. The first-order valence-corrected chi connectivity index (χ1v) is 6.35. The molecule has 0 bridgehead atoms. The molecule has 0 aliphatic carbocycles. The number of carbonyl (C=O) groups is 1. The second-order valence-electron chi connectivity index (χ2n) is 3.79. The maximum absolute atomic E-state index is 11.4. The molecule has 0 radical (unpaired) electrons. The van der Waals surface area contributed by atoms with Crippen molar-refractivity contribution in [2.24, 2.45) is 0 Å². The lowest BCUT2D eigenvalue weighted by Crippen LogP contribution is -2.31. The molecule has 1 heterocycles. The lowest BCUT2D eigenvalue weighted by molar-refractivity contribution is -0.121. The fourth-order valence-electron chi connectivity index (χ4n) is 1.19. The zero-order valence-corrected chi connectivity index (χ0v) is 11.9. The van der Waals surface area contributed by atoms with E-state index in [0.717, 1.165) is 0 Å². The van der Waals surface area contributed by atoms with Crippen molar-refractivity contribution in [3.8, 4) is 0 Å². The van der Waals surface area contributed by atoms with Gasteiger partial charge in [0.1, 0.15) is 9.39 Å². The van der Waals surface area contributed by atoms with Crippen molar-refractivity contribution in [2.75, 3.05) is 11.9 Å². The van der Waals surface area contributed by atoms with E-state index < -0.39 is 0 Å². The minimum Gasteiger partial charge on any atom is -0.368 e. The average Bonchev–Trinajstić information content (AvgIpc) is 2.23. The van der Waals surface area contributed by atoms with Crippen molar-refractivity contribution in [2.45, 2.75) is 26.3 Å². The molecule has 0 unspecified atom stereocenters. The summed E-state index contributed by atoms with van der Waals surface area (Å²) < 4.78 is 0.495. The van der Waals surface area contributed by atoms with Gasteiger partial charge in [-0.1, -0.05) is 0 Å². The zero-order valence-electron chi connectivity index (χ0n) is 9.71. The predicted molar refractivity (Wildman–Crippen MR) is 74.0 cm³/mol. The van der Waals surface area contributed by atoms with Gasteiger partial charge < -0.3 is 15.6 Å². The Morgan fingerprint density at radius 1 is 1.59 bits per heavy atom. The van der Waals surface area contributed by atoms with Gasteiger partial charge in [-0.15, -0.1) is 0 Å². The van der Waals surface area contributed by atoms with E-state index in [1.165, 1.54) is 6.33 Å². The molecule has 17 heavy (non-hydrogen) atoms. The maximum atomic E-state index is 11.4. The van der Waals surface area contributed by atoms with Crippen molar-refractivity contribution in [1.29, 1.82) is 0 Å². The van der Waals surface area contributed by atoms with Crippen LogP contribution in [0.3, 0.4) is 0 Å². The Morgan fingerprint density at radius 2 is 2.29 bits per heavy atom. The molecule has 3 N–H and O–H groups in total. The summed E-state index contributed by atoms with van der Waals surface area (Å²) in [5.74, 6) is 0.485. The summed E-state index contributed by atoms with van der Waals surface area (Å²) in [5.41, 5.74) is -0.185. The number of anilines is 1. The van der Waals surface area contributed by atoms with Crippen LogP contribution >= 0.6 is 22.6 Å². The van der Waals surface area contributed by atoms with Gasteiger partial charge in [-0.05, 0) is 36.4 Å². The molecule has 1 rings (SSSR count). The standard InChI is InChI=1S/C10H15IN4O2/c1-6(2)15-7(16)3-4-12-9-8(11)10(17)14-5-13-9/h5-6H,3-4H2,1-2H3,(H,15,16)(H2,12,13,14,17). The van der Waals surface area contributed by atoms with E-state index in [2.05, 4.69) is 20.6 Å². The molecule has 1 aromatic rings. The number of aromatic amines is 1. The third-order valence-corrected chi connectivity index (χ3v) is 2.89. The molecule has 7 heteroatoms. The van der Waals surface area contributed by atoms with Gasteiger partial charge in [-0.25, -0.2) is 4.98 Å². The Bertz CT molecular complexity index is 444. The SMILES string of the molecule is CC(C)NC(=O)CCNc1nc[nH]c(=O)c1I. The normalized spacial score (nSPS) is 10.4. The minimum absolute atomic E-state index is 0.0210. The molecule has 0 aliphatic heterocycles. The van der Waals surface area contributed by atoms with E-state index in [1.807, 2.05) is 36.4 Å². The van der Waals surface area contributed by atoms with Gasteiger partial charge >= 0.3 is 0 Å². The number of nitrogens with one attached hydrogen (secondary N) is 3. The van der Waals surface area contributed by atoms with Crippen LogP contribution in [0.1, 0.15) is 20.3 Å². The zero-order chi connectivity index (χ0) is 12.8. The van der Waals surface area contributed by atoms with Crippen LogP contribution < -0.4 is 16.2 Å². The van der Waals surface area contributed by atoms with E-state index in [1.54, 1.807) is 0 Å². The van der Waals surface area contributed by atoms with E-state index in [9.17, 15) is 9.59 Å². The van der Waals surface area contributed by atoms with E-state index in [-0.39, 0.29) is 17.5 Å². The van der Waals surface area contributed by atoms with Crippen LogP contribution in [0, 0.1) is 3.57 Å². The van der Waals surface area contributed by atoms with Gasteiger partial charge in [-0.3, -0.25) is 9.59 Å². The summed E-state index contributed by atoms with van der Waals surface area (Å²) in [4.78, 5) is 29.1. The molecule has 0 spiro atoms. The maximum Gasteiger partial charge on any atom is 0.266 e. The molecule has 6 nitrogen and oxygen atoms in total. The Morgan fingerprint density at radius 3 is 2.94 bits per heavy atom. The van der Waals surface area contributed by atoms with Crippen molar-refractivity contribution < 1.29 is 4.79 Å². The summed E-state index contributed by atoms with van der Waals surface area (Å²) in [5, 5.41) is 5.74. The van der Waals surface area contributed by atoms with E-state index in [4.69, 9.17) is 0 Å². The fourth-order valence-corrected chi connectivity index (χ4v) is 1.68. The van der Waals surface area contributed by atoms with Crippen LogP contribution in [0.4, 0.5) is 5.82 Å². The van der Waals surface area contributed by atoms with Gasteiger partial charge in [0.05, 0.1) is 6.33 Å². The Balaban J connectivity index is 2.44. The molecule has 0 saturated heterocycles. The Kier molecular flexibility index (Phi) is 5.39. The van der Waals surface area contributed by atoms with Crippen LogP contribution in [0.15, 0.2) is 11.1 Å². The summed E-state index contributed by atoms with van der Waals surface area (Å²) in [6.07, 6.45) is 1.68.